The summed E-state index contributed by atoms with van der Waals surface area (Å²) >= 11 is 1.33. The first kappa shape index (κ1) is 11.9. The van der Waals surface area contributed by atoms with Gasteiger partial charge in [-0.05, 0) is 0 Å². The minimum absolute atomic E-state index is 0.0166. The first-order valence-corrected chi connectivity index (χ1v) is 5.81. The summed E-state index contributed by atoms with van der Waals surface area (Å²) in [5.41, 5.74) is 1.13. The zero-order valence-corrected chi connectivity index (χ0v) is 9.80. The highest BCUT2D eigenvalue weighted by atomic mass is 32.1. The van der Waals surface area contributed by atoms with Gasteiger partial charge in [0.2, 0.25) is 0 Å². The van der Waals surface area contributed by atoms with Crippen molar-refractivity contribution < 1.29 is 13.6 Å². The van der Waals surface area contributed by atoms with Crippen molar-refractivity contribution in [2.24, 2.45) is 0 Å². The maximum Gasteiger partial charge on any atom is 0.263 e. The predicted octanol–water partition coefficient (Wildman–Crippen LogP) is 3.95. The van der Waals surface area contributed by atoms with E-state index in [9.17, 15) is 13.6 Å². The predicted molar refractivity (Wildman–Crippen MR) is 62.5 cm³/mol. The van der Waals surface area contributed by atoms with Crippen LogP contribution in [0.25, 0.3) is 10.6 Å². The van der Waals surface area contributed by atoms with Crippen molar-refractivity contribution in [2.45, 2.75) is 13.3 Å². The van der Waals surface area contributed by atoms with Crippen molar-refractivity contribution >= 4 is 17.1 Å². The Hall–Kier alpha value is -1.62. The molecule has 0 amide bonds. The second-order valence-corrected chi connectivity index (χ2v) is 4.37. The Morgan fingerprint density at radius 1 is 1.29 bits per heavy atom. The van der Waals surface area contributed by atoms with Gasteiger partial charge in [-0.15, -0.1) is 11.3 Å². The molecule has 0 saturated heterocycles. The molecule has 0 radical (unpaired) electrons. The van der Waals surface area contributed by atoms with Crippen molar-refractivity contribution in [2.75, 3.05) is 0 Å². The maximum absolute atomic E-state index is 12.4. The molecule has 0 spiro atoms. The van der Waals surface area contributed by atoms with E-state index in [1.165, 1.54) is 30.4 Å². The van der Waals surface area contributed by atoms with E-state index in [4.69, 9.17) is 0 Å². The lowest BCUT2D eigenvalue weighted by atomic mass is 10.1. The lowest BCUT2D eigenvalue weighted by Gasteiger charge is -2.00. The largest absolute Gasteiger partial charge is 0.293 e. The standard InChI is InChI=1S/C12H9F2NOS/c1-7(16)10-6-17-12(15-10)9-4-2-8(3-5-9)11(13)14/h2-6,11H,1H3. The monoisotopic (exact) mass is 253 g/mol. The Morgan fingerprint density at radius 3 is 2.41 bits per heavy atom. The molecule has 0 bridgehead atoms. The van der Waals surface area contributed by atoms with E-state index in [1.807, 2.05) is 0 Å². The molecule has 1 aromatic heterocycles. The van der Waals surface area contributed by atoms with Gasteiger partial charge in [-0.1, -0.05) is 24.3 Å². The Bertz CT molecular complexity index is 534. The molecule has 0 atom stereocenters. The molecule has 2 rings (SSSR count). The van der Waals surface area contributed by atoms with E-state index in [1.54, 1.807) is 17.5 Å². The van der Waals surface area contributed by atoms with Crippen LogP contribution in [0.3, 0.4) is 0 Å². The Labute approximate surface area is 101 Å². The molecule has 1 heterocycles. The van der Waals surface area contributed by atoms with Gasteiger partial charge < -0.3 is 0 Å². The summed E-state index contributed by atoms with van der Waals surface area (Å²) in [5, 5.41) is 2.33. The third kappa shape index (κ3) is 2.55. The van der Waals surface area contributed by atoms with E-state index in [2.05, 4.69) is 4.98 Å². The molecule has 0 aliphatic heterocycles. The van der Waals surface area contributed by atoms with Crippen molar-refractivity contribution in [1.29, 1.82) is 0 Å². The van der Waals surface area contributed by atoms with Crippen molar-refractivity contribution in [1.82, 2.24) is 4.98 Å². The number of thiazole rings is 1. The molecule has 1 aromatic carbocycles. The zero-order chi connectivity index (χ0) is 12.4. The van der Waals surface area contributed by atoms with Crippen LogP contribution in [-0.2, 0) is 0 Å². The van der Waals surface area contributed by atoms with Gasteiger partial charge in [0.05, 0.1) is 0 Å². The number of carbonyl (C=O) groups is 1. The number of aromatic nitrogens is 1. The van der Waals surface area contributed by atoms with Crippen molar-refractivity contribution in [3.05, 3.63) is 40.9 Å². The SMILES string of the molecule is CC(=O)c1csc(-c2ccc(C(F)F)cc2)n1. The van der Waals surface area contributed by atoms with E-state index in [-0.39, 0.29) is 11.3 Å². The van der Waals surface area contributed by atoms with Gasteiger partial charge in [0.25, 0.3) is 6.43 Å². The summed E-state index contributed by atoms with van der Waals surface area (Å²) in [4.78, 5) is 15.2. The summed E-state index contributed by atoms with van der Waals surface area (Å²) in [6, 6.07) is 5.91. The smallest absolute Gasteiger partial charge is 0.263 e. The second-order valence-electron chi connectivity index (χ2n) is 3.52. The summed E-state index contributed by atoms with van der Waals surface area (Å²) in [6.07, 6.45) is -2.46. The number of nitrogens with zero attached hydrogens (tertiary/aromatic N) is 1. The fourth-order valence-corrected chi connectivity index (χ4v) is 2.20. The van der Waals surface area contributed by atoms with Gasteiger partial charge in [0.1, 0.15) is 10.7 Å². The van der Waals surface area contributed by atoms with E-state index in [0.717, 1.165) is 5.56 Å². The fraction of sp³-hybridized carbons (Fsp3) is 0.167. The highest BCUT2D eigenvalue weighted by molar-refractivity contribution is 7.13. The highest BCUT2D eigenvalue weighted by Crippen LogP contribution is 2.26. The number of carbonyl (C=O) groups excluding carboxylic acids is 1. The van der Waals surface area contributed by atoms with Gasteiger partial charge >= 0.3 is 0 Å². The molecule has 0 saturated carbocycles. The number of benzene rings is 1. The third-order valence-electron chi connectivity index (χ3n) is 2.27. The fourth-order valence-electron chi connectivity index (χ4n) is 1.34. The number of hydrogen-bond acceptors (Lipinski definition) is 3. The van der Waals surface area contributed by atoms with Crippen LogP contribution < -0.4 is 0 Å². The van der Waals surface area contributed by atoms with Gasteiger partial charge in [-0.3, -0.25) is 4.79 Å². The van der Waals surface area contributed by atoms with Gasteiger partial charge in [0.15, 0.2) is 5.78 Å². The van der Waals surface area contributed by atoms with Gasteiger partial charge in [-0.25, -0.2) is 13.8 Å². The molecule has 0 fully saturated rings. The average molecular weight is 253 g/mol. The highest BCUT2D eigenvalue weighted by Gasteiger charge is 2.10. The zero-order valence-electron chi connectivity index (χ0n) is 8.98. The number of ketones is 1. The van der Waals surface area contributed by atoms with E-state index < -0.39 is 6.43 Å². The van der Waals surface area contributed by atoms with Crippen LogP contribution in [0.2, 0.25) is 0 Å². The lowest BCUT2D eigenvalue weighted by Crippen LogP contribution is -1.91. The van der Waals surface area contributed by atoms with E-state index >= 15 is 0 Å². The average Bonchev–Trinajstić information content (AvgIpc) is 2.78. The second kappa shape index (κ2) is 4.71. The van der Waals surface area contributed by atoms with Crippen LogP contribution in [0.1, 0.15) is 29.4 Å². The molecule has 5 heteroatoms. The molecular formula is C12H9F2NOS. The minimum atomic E-state index is -2.46. The third-order valence-corrected chi connectivity index (χ3v) is 3.17. The van der Waals surface area contributed by atoms with Crippen LogP contribution in [0.4, 0.5) is 8.78 Å². The molecule has 2 aromatic rings. The van der Waals surface area contributed by atoms with Crippen LogP contribution in [0, 0.1) is 0 Å². The Kier molecular flexibility index (Phi) is 3.28. The van der Waals surface area contributed by atoms with Crippen molar-refractivity contribution in [3.63, 3.8) is 0 Å². The van der Waals surface area contributed by atoms with E-state index in [0.29, 0.717) is 10.7 Å². The normalized spacial score (nSPS) is 10.8. The summed E-state index contributed by atoms with van der Waals surface area (Å²) < 4.78 is 24.7. The maximum atomic E-state index is 12.4. The molecular weight excluding hydrogens is 244 g/mol. The first-order valence-electron chi connectivity index (χ1n) is 4.93. The number of halogens is 2. The molecule has 17 heavy (non-hydrogen) atoms. The lowest BCUT2D eigenvalue weighted by molar-refractivity contribution is 0.101. The quantitative estimate of drug-likeness (QED) is 0.775. The molecule has 2 nitrogen and oxygen atoms in total. The van der Waals surface area contributed by atoms with Gasteiger partial charge in [0, 0.05) is 23.4 Å². The number of Topliss-reactive ketones (excluding diaryl/α,β-unsaturated/α-hetero) is 1. The molecule has 0 N–H and O–H groups in total. The van der Waals surface area contributed by atoms with Crippen LogP contribution in [-0.4, -0.2) is 10.8 Å². The topological polar surface area (TPSA) is 30.0 Å². The number of hydrogen-bond donors (Lipinski definition) is 0. The van der Waals surface area contributed by atoms with Crippen LogP contribution >= 0.6 is 11.3 Å². The molecule has 88 valence electrons. The Balaban J connectivity index is 2.30. The molecule has 0 aliphatic carbocycles. The summed E-state index contributed by atoms with van der Waals surface area (Å²) in [7, 11) is 0. The summed E-state index contributed by atoms with van der Waals surface area (Å²) in [5.74, 6) is -0.100. The first-order chi connectivity index (χ1) is 8.08. The summed E-state index contributed by atoms with van der Waals surface area (Å²) in [6.45, 7) is 1.44. The van der Waals surface area contributed by atoms with Gasteiger partial charge in [-0.2, -0.15) is 0 Å². The molecule has 0 unspecified atom stereocenters. The number of rotatable bonds is 3. The van der Waals surface area contributed by atoms with Crippen molar-refractivity contribution in [3.8, 4) is 10.6 Å². The Morgan fingerprint density at radius 2 is 1.94 bits per heavy atom. The minimum Gasteiger partial charge on any atom is -0.293 e. The molecule has 0 aliphatic rings. The van der Waals surface area contributed by atoms with Crippen LogP contribution in [0.5, 0.6) is 0 Å². The number of alkyl halides is 2. The van der Waals surface area contributed by atoms with Crippen LogP contribution in [0.15, 0.2) is 29.6 Å².